The first kappa shape index (κ1) is 10.1. The molecule has 0 aromatic heterocycles. The average molecular weight is 225 g/mol. The van der Waals surface area contributed by atoms with Crippen LogP contribution in [0.15, 0.2) is 53.7 Å². The molecule has 17 heavy (non-hydrogen) atoms. The molecule has 3 heteroatoms. The minimum absolute atomic E-state index is 0.749. The van der Waals surface area contributed by atoms with Gasteiger partial charge in [-0.2, -0.15) is 0 Å². The van der Waals surface area contributed by atoms with Crippen LogP contribution in [-0.2, 0) is 5.60 Å². The Morgan fingerprint density at radius 2 is 1.35 bits per heavy atom. The van der Waals surface area contributed by atoms with Gasteiger partial charge in [-0.05, 0) is 11.1 Å². The number of oxime groups is 1. The maximum atomic E-state index is 10.7. The van der Waals surface area contributed by atoms with E-state index in [-0.39, 0.29) is 0 Å². The van der Waals surface area contributed by atoms with Gasteiger partial charge in [0.1, 0.15) is 0 Å². The fourth-order valence-electron chi connectivity index (χ4n) is 2.47. The lowest BCUT2D eigenvalue weighted by Gasteiger charge is -2.19. The van der Waals surface area contributed by atoms with E-state index >= 15 is 0 Å². The lowest BCUT2D eigenvalue weighted by atomic mass is 9.93. The largest absolute Gasteiger partial charge is 0.411 e. The van der Waals surface area contributed by atoms with Gasteiger partial charge in [0, 0.05) is 11.1 Å². The highest BCUT2D eigenvalue weighted by atomic mass is 16.4. The summed E-state index contributed by atoms with van der Waals surface area (Å²) >= 11 is 0. The first-order valence-corrected chi connectivity index (χ1v) is 5.38. The summed E-state index contributed by atoms with van der Waals surface area (Å²) < 4.78 is 0. The van der Waals surface area contributed by atoms with E-state index in [1.54, 1.807) is 0 Å². The highest BCUT2D eigenvalue weighted by molar-refractivity contribution is 5.91. The Kier molecular flexibility index (Phi) is 2.03. The molecule has 0 unspecified atom stereocenters. The second-order valence-corrected chi connectivity index (χ2v) is 4.10. The summed E-state index contributed by atoms with van der Waals surface area (Å²) in [6.45, 7) is 0. The van der Waals surface area contributed by atoms with Gasteiger partial charge in [-0.1, -0.05) is 53.7 Å². The van der Waals surface area contributed by atoms with Gasteiger partial charge in [0.25, 0.3) is 0 Å². The minimum Gasteiger partial charge on any atom is -0.411 e. The van der Waals surface area contributed by atoms with Crippen molar-refractivity contribution >= 4 is 6.21 Å². The van der Waals surface area contributed by atoms with E-state index in [1.165, 1.54) is 0 Å². The van der Waals surface area contributed by atoms with E-state index in [2.05, 4.69) is 5.16 Å². The van der Waals surface area contributed by atoms with Crippen molar-refractivity contribution in [2.24, 2.45) is 5.16 Å². The summed E-state index contributed by atoms with van der Waals surface area (Å²) in [4.78, 5) is 0. The van der Waals surface area contributed by atoms with Crippen molar-refractivity contribution in [1.82, 2.24) is 0 Å². The zero-order chi connectivity index (χ0) is 11.9. The highest BCUT2D eigenvalue weighted by Crippen LogP contribution is 2.46. The van der Waals surface area contributed by atoms with Gasteiger partial charge in [-0.3, -0.25) is 0 Å². The predicted octanol–water partition coefficient (Wildman–Crippen LogP) is 2.36. The molecule has 0 aliphatic heterocycles. The van der Waals surface area contributed by atoms with Crippen LogP contribution in [0.2, 0.25) is 0 Å². The third kappa shape index (κ3) is 1.23. The Morgan fingerprint density at radius 3 is 1.82 bits per heavy atom. The van der Waals surface area contributed by atoms with Crippen LogP contribution < -0.4 is 0 Å². The Labute approximate surface area is 98.7 Å². The molecule has 84 valence electrons. The lowest BCUT2D eigenvalue weighted by Crippen LogP contribution is -2.26. The number of benzene rings is 2. The molecule has 1 aliphatic carbocycles. The van der Waals surface area contributed by atoms with Crippen LogP contribution in [0.3, 0.4) is 0 Å². The van der Waals surface area contributed by atoms with Gasteiger partial charge in [0.05, 0.1) is 6.21 Å². The zero-order valence-electron chi connectivity index (χ0n) is 9.04. The van der Waals surface area contributed by atoms with Crippen LogP contribution in [-0.4, -0.2) is 16.5 Å². The average Bonchev–Trinajstić information content (AvgIpc) is 2.62. The molecule has 3 rings (SSSR count). The SMILES string of the molecule is O/N=C/C1(O)c2ccccc2-c2ccccc21. The summed E-state index contributed by atoms with van der Waals surface area (Å²) in [5.74, 6) is 0. The van der Waals surface area contributed by atoms with Gasteiger partial charge in [-0.15, -0.1) is 0 Å². The van der Waals surface area contributed by atoms with Crippen LogP contribution in [0.25, 0.3) is 11.1 Å². The molecular formula is C14H11NO2. The first-order chi connectivity index (χ1) is 8.27. The molecular weight excluding hydrogens is 214 g/mol. The van der Waals surface area contributed by atoms with Crippen molar-refractivity contribution in [3.05, 3.63) is 59.7 Å². The van der Waals surface area contributed by atoms with Crippen LogP contribution in [0, 0.1) is 0 Å². The summed E-state index contributed by atoms with van der Waals surface area (Å²) in [7, 11) is 0. The smallest absolute Gasteiger partial charge is 0.155 e. The topological polar surface area (TPSA) is 52.8 Å². The highest BCUT2D eigenvalue weighted by Gasteiger charge is 2.40. The van der Waals surface area contributed by atoms with E-state index < -0.39 is 5.60 Å². The van der Waals surface area contributed by atoms with Crippen molar-refractivity contribution in [3.8, 4) is 11.1 Å². The number of hydrogen-bond donors (Lipinski definition) is 2. The van der Waals surface area contributed by atoms with Gasteiger partial charge < -0.3 is 10.3 Å². The molecule has 0 saturated carbocycles. The number of rotatable bonds is 1. The fraction of sp³-hybridized carbons (Fsp3) is 0.0714. The molecule has 3 nitrogen and oxygen atoms in total. The Morgan fingerprint density at radius 1 is 0.882 bits per heavy atom. The summed E-state index contributed by atoms with van der Waals surface area (Å²) in [5, 5.41) is 22.5. The number of hydrogen-bond acceptors (Lipinski definition) is 3. The number of aliphatic hydroxyl groups is 1. The van der Waals surface area contributed by atoms with Crippen LogP contribution in [0.5, 0.6) is 0 Å². The summed E-state index contributed by atoms with van der Waals surface area (Å²) in [5.41, 5.74) is 2.12. The Bertz CT molecular complexity index is 559. The predicted molar refractivity (Wildman–Crippen MR) is 65.2 cm³/mol. The van der Waals surface area contributed by atoms with Gasteiger partial charge in [-0.25, -0.2) is 0 Å². The van der Waals surface area contributed by atoms with Gasteiger partial charge >= 0.3 is 0 Å². The molecule has 2 aromatic rings. The molecule has 2 N–H and O–H groups in total. The summed E-state index contributed by atoms with van der Waals surface area (Å²) in [6, 6.07) is 15.2. The molecule has 1 aliphatic rings. The minimum atomic E-state index is -1.33. The molecule has 2 aromatic carbocycles. The van der Waals surface area contributed by atoms with E-state index in [0.717, 1.165) is 28.5 Å². The monoisotopic (exact) mass is 225 g/mol. The zero-order valence-corrected chi connectivity index (χ0v) is 9.04. The first-order valence-electron chi connectivity index (χ1n) is 5.38. The van der Waals surface area contributed by atoms with Crippen molar-refractivity contribution in [2.75, 3.05) is 0 Å². The van der Waals surface area contributed by atoms with Crippen LogP contribution in [0.1, 0.15) is 11.1 Å². The summed E-state index contributed by atoms with van der Waals surface area (Å²) in [6.07, 6.45) is 1.16. The maximum absolute atomic E-state index is 10.7. The molecule has 0 bridgehead atoms. The van der Waals surface area contributed by atoms with E-state index in [1.807, 2.05) is 48.5 Å². The van der Waals surface area contributed by atoms with Crippen molar-refractivity contribution in [2.45, 2.75) is 5.60 Å². The lowest BCUT2D eigenvalue weighted by molar-refractivity contribution is 0.160. The standard InChI is InChI=1S/C14H11NO2/c16-14(9-15-17)12-7-3-1-5-10(12)11-6-2-4-8-13(11)14/h1-9,16-17H/b15-9+. The van der Waals surface area contributed by atoms with E-state index in [0.29, 0.717) is 0 Å². The molecule has 0 amide bonds. The van der Waals surface area contributed by atoms with E-state index in [9.17, 15) is 5.11 Å². The third-order valence-corrected chi connectivity index (χ3v) is 3.21. The molecule has 0 saturated heterocycles. The van der Waals surface area contributed by atoms with Crippen molar-refractivity contribution in [3.63, 3.8) is 0 Å². The van der Waals surface area contributed by atoms with Crippen molar-refractivity contribution < 1.29 is 10.3 Å². The normalized spacial score (nSPS) is 15.8. The second-order valence-electron chi connectivity index (χ2n) is 4.10. The molecule has 0 fully saturated rings. The Hall–Kier alpha value is -2.13. The molecule has 0 spiro atoms. The number of fused-ring (bicyclic) bond motifs is 3. The number of nitrogens with zero attached hydrogens (tertiary/aromatic N) is 1. The van der Waals surface area contributed by atoms with Gasteiger partial charge in [0.2, 0.25) is 0 Å². The Balaban J connectivity index is 2.39. The second kappa shape index (κ2) is 3.43. The maximum Gasteiger partial charge on any atom is 0.155 e. The molecule has 0 radical (unpaired) electrons. The fourth-order valence-corrected chi connectivity index (χ4v) is 2.47. The van der Waals surface area contributed by atoms with E-state index in [4.69, 9.17) is 5.21 Å². The quantitative estimate of drug-likeness (QED) is 0.444. The molecule has 0 heterocycles. The third-order valence-electron chi connectivity index (χ3n) is 3.21. The molecule has 0 atom stereocenters. The van der Waals surface area contributed by atoms with Crippen molar-refractivity contribution in [1.29, 1.82) is 0 Å². The van der Waals surface area contributed by atoms with Gasteiger partial charge in [0.15, 0.2) is 5.60 Å². The van der Waals surface area contributed by atoms with Crippen LogP contribution in [0.4, 0.5) is 0 Å². The van der Waals surface area contributed by atoms with Crippen LogP contribution >= 0.6 is 0 Å².